The van der Waals surface area contributed by atoms with Crippen molar-refractivity contribution < 1.29 is 5.11 Å². The number of aliphatic hydroxyl groups is 1. The number of rotatable bonds is 5. The predicted octanol–water partition coefficient (Wildman–Crippen LogP) is 2.33. The largest absolute Gasteiger partial charge is 0.393 e. The third-order valence-electron chi connectivity index (χ3n) is 5.12. The fourth-order valence-corrected chi connectivity index (χ4v) is 3.75. The molecule has 9 nitrogen and oxygen atoms in total. The Balaban J connectivity index is 1.45. The van der Waals surface area contributed by atoms with Gasteiger partial charge >= 0.3 is 0 Å². The summed E-state index contributed by atoms with van der Waals surface area (Å²) in [4.78, 5) is 19.2. The molecule has 1 saturated carbocycles. The van der Waals surface area contributed by atoms with Crippen LogP contribution in [0.4, 0.5) is 11.9 Å². The minimum absolute atomic E-state index is 0.233. The Labute approximate surface area is 168 Å². The molecule has 0 bridgehead atoms. The lowest BCUT2D eigenvalue weighted by Crippen LogP contribution is -2.46. The summed E-state index contributed by atoms with van der Waals surface area (Å²) in [5.41, 5.74) is 2.61. The number of aromatic nitrogens is 6. The van der Waals surface area contributed by atoms with Crippen LogP contribution < -0.4 is 10.2 Å². The van der Waals surface area contributed by atoms with Crippen LogP contribution in [0, 0.1) is 0 Å². The standard InChI is InChI=1S/C18H19BrN8O/c1-26(10-6-11(28)7-10)18-24-16-12(19)8-21-27(16)17(25-18)20-9-15-22-13-4-2-3-5-14(13)23-15/h2-5,8,10-11,28H,6-7,9H2,1H3,(H,22,23)(H,20,24,25)/t10-,11+. The van der Waals surface area contributed by atoms with Gasteiger partial charge in [-0.1, -0.05) is 12.1 Å². The van der Waals surface area contributed by atoms with E-state index in [0.29, 0.717) is 24.1 Å². The van der Waals surface area contributed by atoms with E-state index in [2.05, 4.69) is 46.3 Å². The second-order valence-electron chi connectivity index (χ2n) is 7.02. The smallest absolute Gasteiger partial charge is 0.230 e. The van der Waals surface area contributed by atoms with E-state index in [-0.39, 0.29) is 12.1 Å². The minimum atomic E-state index is -0.233. The topological polar surface area (TPSA) is 107 Å². The van der Waals surface area contributed by atoms with Crippen LogP contribution >= 0.6 is 15.9 Å². The maximum atomic E-state index is 9.61. The van der Waals surface area contributed by atoms with Crippen LogP contribution in [0.3, 0.4) is 0 Å². The molecule has 1 aliphatic carbocycles. The monoisotopic (exact) mass is 442 g/mol. The van der Waals surface area contributed by atoms with Gasteiger partial charge in [0.25, 0.3) is 0 Å². The number of nitrogens with zero attached hydrogens (tertiary/aromatic N) is 6. The Kier molecular flexibility index (Phi) is 4.17. The lowest BCUT2D eigenvalue weighted by Gasteiger charge is -2.38. The van der Waals surface area contributed by atoms with Gasteiger partial charge in [-0.2, -0.15) is 19.6 Å². The first-order valence-electron chi connectivity index (χ1n) is 9.08. The highest BCUT2D eigenvalue weighted by molar-refractivity contribution is 9.10. The summed E-state index contributed by atoms with van der Waals surface area (Å²) in [6.07, 6.45) is 2.93. The van der Waals surface area contributed by atoms with Crippen molar-refractivity contribution in [2.75, 3.05) is 17.3 Å². The van der Waals surface area contributed by atoms with Gasteiger partial charge in [0, 0.05) is 13.1 Å². The number of halogens is 1. The van der Waals surface area contributed by atoms with Gasteiger partial charge in [-0.05, 0) is 40.9 Å². The molecule has 0 amide bonds. The molecular formula is C18H19BrN8O. The Morgan fingerprint density at radius 3 is 2.89 bits per heavy atom. The van der Waals surface area contributed by atoms with Crippen molar-refractivity contribution in [1.82, 2.24) is 29.5 Å². The zero-order valence-corrected chi connectivity index (χ0v) is 16.8. The van der Waals surface area contributed by atoms with E-state index in [1.54, 1.807) is 10.7 Å². The van der Waals surface area contributed by atoms with Crippen LogP contribution in [-0.4, -0.2) is 53.9 Å². The van der Waals surface area contributed by atoms with E-state index < -0.39 is 0 Å². The molecule has 0 atom stereocenters. The molecule has 10 heteroatoms. The molecule has 0 aliphatic heterocycles. The zero-order valence-electron chi connectivity index (χ0n) is 15.2. The molecule has 3 aromatic heterocycles. The van der Waals surface area contributed by atoms with Gasteiger partial charge in [0.05, 0.1) is 34.4 Å². The molecule has 1 aliphatic rings. The number of anilines is 2. The van der Waals surface area contributed by atoms with Crippen molar-refractivity contribution in [3.05, 3.63) is 40.8 Å². The molecular weight excluding hydrogens is 424 g/mol. The highest BCUT2D eigenvalue weighted by Gasteiger charge is 2.32. The van der Waals surface area contributed by atoms with Gasteiger partial charge in [0.15, 0.2) is 5.65 Å². The van der Waals surface area contributed by atoms with Crippen molar-refractivity contribution in [1.29, 1.82) is 0 Å². The quantitative estimate of drug-likeness (QED) is 0.435. The number of hydrogen-bond donors (Lipinski definition) is 3. The van der Waals surface area contributed by atoms with Gasteiger partial charge in [0.1, 0.15) is 5.82 Å². The van der Waals surface area contributed by atoms with E-state index in [4.69, 9.17) is 0 Å². The highest BCUT2D eigenvalue weighted by atomic mass is 79.9. The Bertz CT molecular complexity index is 1120. The van der Waals surface area contributed by atoms with Gasteiger partial charge in [-0.15, -0.1) is 0 Å². The lowest BCUT2D eigenvalue weighted by atomic mass is 9.88. The summed E-state index contributed by atoms with van der Waals surface area (Å²) in [7, 11) is 1.95. The van der Waals surface area contributed by atoms with E-state index in [1.165, 1.54) is 0 Å². The predicted molar refractivity (Wildman–Crippen MR) is 109 cm³/mol. The summed E-state index contributed by atoms with van der Waals surface area (Å²) in [5, 5.41) is 17.3. The minimum Gasteiger partial charge on any atom is -0.393 e. The Morgan fingerprint density at radius 2 is 2.11 bits per heavy atom. The zero-order chi connectivity index (χ0) is 19.3. The maximum absolute atomic E-state index is 9.61. The van der Waals surface area contributed by atoms with Crippen LogP contribution in [0.25, 0.3) is 16.7 Å². The molecule has 0 spiro atoms. The third-order valence-corrected chi connectivity index (χ3v) is 5.68. The molecule has 4 aromatic rings. The average molecular weight is 443 g/mol. The number of nitrogens with one attached hydrogen (secondary N) is 2. The number of imidazole rings is 1. The van der Waals surface area contributed by atoms with Crippen molar-refractivity contribution in [2.45, 2.75) is 31.5 Å². The average Bonchev–Trinajstić information content (AvgIpc) is 3.26. The van der Waals surface area contributed by atoms with Gasteiger partial charge < -0.3 is 20.3 Å². The molecule has 1 fully saturated rings. The molecule has 1 aromatic carbocycles. The first-order valence-corrected chi connectivity index (χ1v) is 9.87. The van der Waals surface area contributed by atoms with Crippen LogP contribution in [0.2, 0.25) is 0 Å². The molecule has 3 heterocycles. The molecule has 0 saturated heterocycles. The first kappa shape index (κ1) is 17.4. The molecule has 144 valence electrons. The second-order valence-corrected chi connectivity index (χ2v) is 7.87. The van der Waals surface area contributed by atoms with E-state index in [0.717, 1.165) is 34.2 Å². The number of hydrogen-bond acceptors (Lipinski definition) is 7. The fourth-order valence-electron chi connectivity index (χ4n) is 3.40. The molecule has 3 N–H and O–H groups in total. The van der Waals surface area contributed by atoms with Crippen molar-refractivity contribution >= 4 is 44.5 Å². The summed E-state index contributed by atoms with van der Waals surface area (Å²) >= 11 is 3.50. The van der Waals surface area contributed by atoms with Gasteiger partial charge in [-0.25, -0.2) is 4.98 Å². The van der Waals surface area contributed by atoms with Crippen molar-refractivity contribution in [3.63, 3.8) is 0 Å². The number of para-hydroxylation sites is 2. The van der Waals surface area contributed by atoms with Crippen LogP contribution in [-0.2, 0) is 6.54 Å². The first-order chi connectivity index (χ1) is 13.6. The number of benzene rings is 1. The van der Waals surface area contributed by atoms with Crippen molar-refractivity contribution in [3.8, 4) is 0 Å². The van der Waals surface area contributed by atoms with E-state index >= 15 is 0 Å². The number of aromatic amines is 1. The van der Waals surface area contributed by atoms with Crippen LogP contribution in [0.5, 0.6) is 0 Å². The molecule has 5 rings (SSSR count). The van der Waals surface area contributed by atoms with Gasteiger partial charge in [0.2, 0.25) is 11.9 Å². The van der Waals surface area contributed by atoms with E-state index in [1.807, 2.05) is 36.2 Å². The molecule has 28 heavy (non-hydrogen) atoms. The summed E-state index contributed by atoms with van der Waals surface area (Å²) in [5.74, 6) is 1.99. The Hall–Kier alpha value is -2.72. The number of aliphatic hydroxyl groups excluding tert-OH is 1. The summed E-state index contributed by atoms with van der Waals surface area (Å²) in [6.45, 7) is 0.476. The van der Waals surface area contributed by atoms with E-state index in [9.17, 15) is 5.11 Å². The summed E-state index contributed by atoms with van der Waals surface area (Å²) < 4.78 is 2.46. The Morgan fingerprint density at radius 1 is 1.29 bits per heavy atom. The fraction of sp³-hybridized carbons (Fsp3) is 0.333. The van der Waals surface area contributed by atoms with Crippen LogP contribution in [0.1, 0.15) is 18.7 Å². The molecule has 0 unspecified atom stereocenters. The van der Waals surface area contributed by atoms with Gasteiger partial charge in [-0.3, -0.25) is 0 Å². The van der Waals surface area contributed by atoms with Crippen molar-refractivity contribution in [2.24, 2.45) is 0 Å². The number of fused-ring (bicyclic) bond motifs is 2. The third kappa shape index (κ3) is 2.98. The summed E-state index contributed by atoms with van der Waals surface area (Å²) in [6, 6.07) is 8.16. The molecule has 0 radical (unpaired) electrons. The SMILES string of the molecule is CN(c1nc(NCc2nc3ccccc3[nH]2)n2ncc(Br)c2n1)[C@H]1C[C@@H](O)C1. The maximum Gasteiger partial charge on any atom is 0.230 e. The normalized spacial score (nSPS) is 19.1. The highest BCUT2D eigenvalue weighted by Crippen LogP contribution is 2.29. The number of H-pyrrole nitrogens is 1. The lowest BCUT2D eigenvalue weighted by molar-refractivity contribution is 0.0746. The second kappa shape index (κ2) is 6.71. The van der Waals surface area contributed by atoms with Crippen LogP contribution in [0.15, 0.2) is 34.9 Å².